The van der Waals surface area contributed by atoms with Crippen LogP contribution in [-0.2, 0) is 6.42 Å². The van der Waals surface area contributed by atoms with Crippen LogP contribution in [0.1, 0.15) is 18.9 Å². The Morgan fingerprint density at radius 1 is 1.50 bits per heavy atom. The quantitative estimate of drug-likeness (QED) is 0.806. The third-order valence-corrected chi connectivity index (χ3v) is 3.49. The predicted octanol–water partition coefficient (Wildman–Crippen LogP) is 2.27. The maximum atomic E-state index is 14.2. The Morgan fingerprint density at radius 2 is 2.25 bits per heavy atom. The highest BCUT2D eigenvalue weighted by molar-refractivity contribution is 5.32. The van der Waals surface area contributed by atoms with E-state index in [2.05, 4.69) is 5.32 Å². The summed E-state index contributed by atoms with van der Waals surface area (Å²) in [6, 6.07) is 7.18. The molecule has 0 aliphatic carbocycles. The molecule has 1 aromatic rings. The van der Waals surface area contributed by atoms with Gasteiger partial charge in [0.05, 0.1) is 0 Å². The third-order valence-electron chi connectivity index (χ3n) is 3.49. The fraction of sp³-hybridized carbons (Fsp3) is 0.538. The van der Waals surface area contributed by atoms with E-state index < -0.39 is 5.67 Å². The largest absolute Gasteiger partial charge is 0.508 e. The van der Waals surface area contributed by atoms with Crippen LogP contribution in [-0.4, -0.2) is 23.9 Å². The van der Waals surface area contributed by atoms with Crippen molar-refractivity contribution in [2.75, 3.05) is 13.1 Å². The first-order valence-corrected chi connectivity index (χ1v) is 5.76. The minimum absolute atomic E-state index is 0.0606. The second-order valence-corrected chi connectivity index (χ2v) is 4.76. The maximum Gasteiger partial charge on any atom is 0.118 e. The monoisotopic (exact) mass is 223 g/mol. The fourth-order valence-corrected chi connectivity index (χ4v) is 2.26. The molecule has 0 spiro atoms. The molecule has 16 heavy (non-hydrogen) atoms. The van der Waals surface area contributed by atoms with Crippen LogP contribution < -0.4 is 5.32 Å². The van der Waals surface area contributed by atoms with E-state index in [4.69, 9.17) is 0 Å². The number of halogens is 1. The molecule has 0 aromatic heterocycles. The highest BCUT2D eigenvalue weighted by atomic mass is 19.1. The summed E-state index contributed by atoms with van der Waals surface area (Å²) in [5, 5.41) is 12.9. The van der Waals surface area contributed by atoms with Crippen LogP contribution >= 0.6 is 0 Å². The van der Waals surface area contributed by atoms with Gasteiger partial charge in [-0.05, 0) is 37.9 Å². The molecule has 1 heterocycles. The highest BCUT2D eigenvalue weighted by Gasteiger charge is 2.36. The van der Waals surface area contributed by atoms with Crippen LogP contribution in [0, 0.1) is 5.92 Å². The van der Waals surface area contributed by atoms with Gasteiger partial charge < -0.3 is 10.4 Å². The lowest BCUT2D eigenvalue weighted by Gasteiger charge is -2.35. The van der Waals surface area contributed by atoms with E-state index >= 15 is 0 Å². The van der Waals surface area contributed by atoms with Crippen LogP contribution in [0.15, 0.2) is 24.3 Å². The molecule has 2 unspecified atom stereocenters. The first-order chi connectivity index (χ1) is 7.59. The first-order valence-electron chi connectivity index (χ1n) is 5.76. The van der Waals surface area contributed by atoms with Gasteiger partial charge in [-0.3, -0.25) is 0 Å². The van der Waals surface area contributed by atoms with Crippen LogP contribution in [0.5, 0.6) is 5.75 Å². The third kappa shape index (κ3) is 2.35. The molecule has 3 heteroatoms. The van der Waals surface area contributed by atoms with Gasteiger partial charge in [0.25, 0.3) is 0 Å². The Morgan fingerprint density at radius 3 is 2.94 bits per heavy atom. The van der Waals surface area contributed by atoms with Gasteiger partial charge in [0.15, 0.2) is 0 Å². The summed E-state index contributed by atoms with van der Waals surface area (Å²) in [4.78, 5) is 0. The number of rotatable bonds is 2. The predicted molar refractivity (Wildman–Crippen MR) is 62.3 cm³/mol. The number of piperidine rings is 1. The molecule has 2 N–H and O–H groups in total. The normalized spacial score (nSPS) is 30.2. The van der Waals surface area contributed by atoms with Crippen molar-refractivity contribution in [2.24, 2.45) is 5.92 Å². The number of nitrogens with one attached hydrogen (secondary N) is 1. The van der Waals surface area contributed by atoms with Gasteiger partial charge in [0.1, 0.15) is 11.4 Å². The Hall–Kier alpha value is -1.09. The summed E-state index contributed by atoms with van der Waals surface area (Å²) in [7, 11) is 0. The molecule has 1 aliphatic rings. The van der Waals surface area contributed by atoms with E-state index in [0.29, 0.717) is 19.4 Å². The summed E-state index contributed by atoms with van der Waals surface area (Å²) in [6.07, 6.45) is 1.14. The zero-order valence-corrected chi connectivity index (χ0v) is 9.54. The number of phenolic OH excluding ortho intramolecular Hbond substituents is 1. The molecule has 1 saturated heterocycles. The zero-order valence-electron chi connectivity index (χ0n) is 9.54. The van der Waals surface area contributed by atoms with Crippen molar-refractivity contribution in [3.05, 3.63) is 29.8 Å². The van der Waals surface area contributed by atoms with E-state index in [1.165, 1.54) is 0 Å². The molecule has 1 aliphatic heterocycles. The van der Waals surface area contributed by atoms with Gasteiger partial charge in [-0.1, -0.05) is 18.2 Å². The molecule has 2 atom stereocenters. The number of hydrogen-bond acceptors (Lipinski definition) is 2. The zero-order chi connectivity index (χ0) is 11.6. The Kier molecular flexibility index (Phi) is 3.15. The SMILES string of the molecule is CC1(F)CCNCC1Cc1ccccc1O. The van der Waals surface area contributed by atoms with E-state index in [9.17, 15) is 9.50 Å². The van der Waals surface area contributed by atoms with Crippen LogP contribution in [0.2, 0.25) is 0 Å². The molecular weight excluding hydrogens is 205 g/mol. The molecule has 1 aromatic carbocycles. The van der Waals surface area contributed by atoms with Crippen LogP contribution in [0.25, 0.3) is 0 Å². The minimum Gasteiger partial charge on any atom is -0.508 e. The lowest BCUT2D eigenvalue weighted by Crippen LogP contribution is -2.46. The van der Waals surface area contributed by atoms with E-state index in [-0.39, 0.29) is 11.7 Å². The molecule has 0 bridgehead atoms. The molecule has 0 amide bonds. The highest BCUT2D eigenvalue weighted by Crippen LogP contribution is 2.32. The second kappa shape index (κ2) is 4.42. The van der Waals surface area contributed by atoms with Gasteiger partial charge in [0, 0.05) is 12.5 Å². The number of para-hydroxylation sites is 1. The smallest absolute Gasteiger partial charge is 0.118 e. The Bertz CT molecular complexity index is 365. The molecule has 2 rings (SSSR count). The summed E-state index contributed by atoms with van der Waals surface area (Å²) >= 11 is 0. The summed E-state index contributed by atoms with van der Waals surface area (Å²) < 4.78 is 14.2. The van der Waals surface area contributed by atoms with Gasteiger partial charge >= 0.3 is 0 Å². The van der Waals surface area contributed by atoms with E-state index in [1.807, 2.05) is 12.1 Å². The fourth-order valence-electron chi connectivity index (χ4n) is 2.26. The van der Waals surface area contributed by atoms with Crippen LogP contribution in [0.4, 0.5) is 4.39 Å². The number of alkyl halides is 1. The van der Waals surface area contributed by atoms with Gasteiger partial charge in [0.2, 0.25) is 0 Å². The second-order valence-electron chi connectivity index (χ2n) is 4.76. The maximum absolute atomic E-state index is 14.2. The number of hydrogen-bond donors (Lipinski definition) is 2. The van der Waals surface area contributed by atoms with Crippen molar-refractivity contribution in [1.82, 2.24) is 5.32 Å². The van der Waals surface area contributed by atoms with Crippen LogP contribution in [0.3, 0.4) is 0 Å². The Labute approximate surface area is 95.5 Å². The average Bonchev–Trinajstić information content (AvgIpc) is 2.24. The topological polar surface area (TPSA) is 32.3 Å². The van der Waals surface area contributed by atoms with Crippen molar-refractivity contribution in [1.29, 1.82) is 0 Å². The van der Waals surface area contributed by atoms with Crippen molar-refractivity contribution >= 4 is 0 Å². The summed E-state index contributed by atoms with van der Waals surface area (Å²) in [5.41, 5.74) is -0.298. The van der Waals surface area contributed by atoms with Crippen molar-refractivity contribution < 1.29 is 9.50 Å². The molecule has 0 saturated carbocycles. The summed E-state index contributed by atoms with van der Waals surface area (Å²) in [6.45, 7) is 3.09. The summed E-state index contributed by atoms with van der Waals surface area (Å²) in [5.74, 6) is 0.207. The average molecular weight is 223 g/mol. The molecule has 0 radical (unpaired) electrons. The van der Waals surface area contributed by atoms with Gasteiger partial charge in [-0.15, -0.1) is 0 Å². The standard InChI is InChI=1S/C13H18FNO/c1-13(14)6-7-15-9-11(13)8-10-4-2-3-5-12(10)16/h2-5,11,15-16H,6-9H2,1H3. The van der Waals surface area contributed by atoms with E-state index in [1.54, 1.807) is 19.1 Å². The number of aromatic hydroxyl groups is 1. The van der Waals surface area contributed by atoms with Crippen molar-refractivity contribution in [2.45, 2.75) is 25.4 Å². The van der Waals surface area contributed by atoms with Crippen molar-refractivity contribution in [3.8, 4) is 5.75 Å². The van der Waals surface area contributed by atoms with E-state index in [0.717, 1.165) is 12.1 Å². The first kappa shape index (κ1) is 11.4. The molecule has 1 fully saturated rings. The lowest BCUT2D eigenvalue weighted by molar-refractivity contribution is 0.0673. The number of phenols is 1. The molecule has 2 nitrogen and oxygen atoms in total. The van der Waals surface area contributed by atoms with Gasteiger partial charge in [-0.2, -0.15) is 0 Å². The number of benzene rings is 1. The lowest BCUT2D eigenvalue weighted by atomic mass is 9.81. The minimum atomic E-state index is -1.13. The van der Waals surface area contributed by atoms with Crippen molar-refractivity contribution in [3.63, 3.8) is 0 Å². The Balaban J connectivity index is 2.12. The molecular formula is C13H18FNO. The molecule has 88 valence electrons. The van der Waals surface area contributed by atoms with Gasteiger partial charge in [-0.25, -0.2) is 4.39 Å².